The van der Waals surface area contributed by atoms with Crippen molar-refractivity contribution < 1.29 is 4.79 Å². The van der Waals surface area contributed by atoms with Crippen LogP contribution in [-0.2, 0) is 17.9 Å². The highest BCUT2D eigenvalue weighted by atomic mass is 35.5. The van der Waals surface area contributed by atoms with E-state index in [0.717, 1.165) is 12.1 Å². The first-order valence-electron chi connectivity index (χ1n) is 6.71. The van der Waals surface area contributed by atoms with Crippen LogP contribution < -0.4 is 5.73 Å². The normalized spacial score (nSPS) is 11.9. The number of likely N-dealkylation sites (N-methyl/N-ethyl adjacent to an activating group) is 1. The molecule has 0 aliphatic heterocycles. The number of nitrogens with zero attached hydrogens (tertiary/aromatic N) is 2. The number of carbonyl (C=O) groups excluding carboxylic acids is 1. The van der Waals surface area contributed by atoms with Crippen molar-refractivity contribution in [3.8, 4) is 0 Å². The highest BCUT2D eigenvalue weighted by Gasteiger charge is 2.15. The number of amides is 1. The van der Waals surface area contributed by atoms with Gasteiger partial charge in [-0.25, -0.2) is 0 Å². The minimum atomic E-state index is -0.437. The van der Waals surface area contributed by atoms with Crippen LogP contribution in [0.4, 0.5) is 0 Å². The van der Waals surface area contributed by atoms with E-state index in [1.165, 1.54) is 5.56 Å². The van der Waals surface area contributed by atoms with Gasteiger partial charge in [-0.3, -0.25) is 4.79 Å². The zero-order valence-corrected chi connectivity index (χ0v) is 13.6. The molecule has 0 radical (unpaired) electrons. The fraction of sp³-hybridized carbons (Fsp3) is 0.533. The van der Waals surface area contributed by atoms with Gasteiger partial charge in [-0.1, -0.05) is 24.3 Å². The summed E-state index contributed by atoms with van der Waals surface area (Å²) in [6.07, 6.45) is 0. The van der Waals surface area contributed by atoms with Crippen molar-refractivity contribution in [3.05, 3.63) is 35.4 Å². The van der Waals surface area contributed by atoms with Gasteiger partial charge in [0.25, 0.3) is 0 Å². The summed E-state index contributed by atoms with van der Waals surface area (Å²) in [5.41, 5.74) is 8.06. The van der Waals surface area contributed by atoms with Crippen molar-refractivity contribution in [1.82, 2.24) is 9.80 Å². The van der Waals surface area contributed by atoms with E-state index in [9.17, 15) is 4.79 Å². The molecule has 1 atom stereocenters. The second-order valence-electron chi connectivity index (χ2n) is 5.20. The molecular formula is C15H26ClN3O. The molecule has 1 aromatic rings. The summed E-state index contributed by atoms with van der Waals surface area (Å²) in [5, 5.41) is 0. The zero-order chi connectivity index (χ0) is 14.4. The largest absolute Gasteiger partial charge is 0.337 e. The van der Waals surface area contributed by atoms with Gasteiger partial charge in [0.05, 0.1) is 6.04 Å². The summed E-state index contributed by atoms with van der Waals surface area (Å²) in [6.45, 7) is 5.93. The lowest BCUT2D eigenvalue weighted by atomic mass is 10.1. The van der Waals surface area contributed by atoms with E-state index in [-0.39, 0.29) is 18.3 Å². The second kappa shape index (κ2) is 8.95. The summed E-state index contributed by atoms with van der Waals surface area (Å²) in [7, 11) is 4.10. The van der Waals surface area contributed by atoms with Gasteiger partial charge in [-0.15, -0.1) is 12.4 Å². The van der Waals surface area contributed by atoms with Crippen LogP contribution in [0.2, 0.25) is 0 Å². The van der Waals surface area contributed by atoms with E-state index in [0.29, 0.717) is 13.1 Å². The van der Waals surface area contributed by atoms with Crippen LogP contribution in [0, 0.1) is 0 Å². The number of benzene rings is 1. The van der Waals surface area contributed by atoms with Gasteiger partial charge >= 0.3 is 0 Å². The van der Waals surface area contributed by atoms with Crippen molar-refractivity contribution in [1.29, 1.82) is 0 Å². The maximum Gasteiger partial charge on any atom is 0.239 e. The van der Waals surface area contributed by atoms with Gasteiger partial charge in [-0.2, -0.15) is 0 Å². The fourth-order valence-corrected chi connectivity index (χ4v) is 1.97. The minimum absolute atomic E-state index is 0. The van der Waals surface area contributed by atoms with Crippen LogP contribution >= 0.6 is 12.4 Å². The summed E-state index contributed by atoms with van der Waals surface area (Å²) < 4.78 is 0. The van der Waals surface area contributed by atoms with Crippen molar-refractivity contribution in [2.24, 2.45) is 5.73 Å². The van der Waals surface area contributed by atoms with Gasteiger partial charge in [0.1, 0.15) is 0 Å². The van der Waals surface area contributed by atoms with Crippen LogP contribution in [-0.4, -0.2) is 42.4 Å². The van der Waals surface area contributed by atoms with E-state index in [4.69, 9.17) is 5.73 Å². The van der Waals surface area contributed by atoms with E-state index in [1.54, 1.807) is 11.8 Å². The number of carbonyl (C=O) groups is 1. The van der Waals surface area contributed by atoms with Crippen LogP contribution in [0.3, 0.4) is 0 Å². The van der Waals surface area contributed by atoms with Crippen molar-refractivity contribution in [2.75, 3.05) is 20.6 Å². The number of hydrogen-bond donors (Lipinski definition) is 1. The van der Waals surface area contributed by atoms with Gasteiger partial charge in [0.15, 0.2) is 0 Å². The van der Waals surface area contributed by atoms with Crippen LogP contribution in [0.25, 0.3) is 0 Å². The molecule has 0 aliphatic carbocycles. The van der Waals surface area contributed by atoms with Crippen LogP contribution in [0.5, 0.6) is 0 Å². The molecule has 0 bridgehead atoms. The van der Waals surface area contributed by atoms with E-state index >= 15 is 0 Å². The topological polar surface area (TPSA) is 49.6 Å². The van der Waals surface area contributed by atoms with Crippen molar-refractivity contribution in [3.63, 3.8) is 0 Å². The Kier molecular flexibility index (Phi) is 8.46. The van der Waals surface area contributed by atoms with Gasteiger partial charge in [-0.05, 0) is 39.1 Å². The van der Waals surface area contributed by atoms with E-state index in [2.05, 4.69) is 29.2 Å². The third-order valence-corrected chi connectivity index (χ3v) is 2.98. The maximum atomic E-state index is 11.9. The fourth-order valence-electron chi connectivity index (χ4n) is 1.97. The monoisotopic (exact) mass is 299 g/mol. The number of nitrogens with two attached hydrogens (primary N) is 1. The Hall–Kier alpha value is -1.10. The zero-order valence-electron chi connectivity index (χ0n) is 12.8. The second-order valence-corrected chi connectivity index (χ2v) is 5.20. The standard InChI is InChI=1S/C15H25N3O.ClH/c1-5-18(15(19)12(2)16)11-14-8-6-13(7-9-14)10-17(3)4;/h6-9,12H,5,10-11,16H2,1-4H3;1H/t12-;/m1./s1. The molecule has 5 heteroatoms. The van der Waals surface area contributed by atoms with Crippen LogP contribution in [0.15, 0.2) is 24.3 Å². The lowest BCUT2D eigenvalue weighted by Crippen LogP contribution is -2.41. The van der Waals surface area contributed by atoms with Crippen molar-refractivity contribution in [2.45, 2.75) is 33.0 Å². The quantitative estimate of drug-likeness (QED) is 0.872. The average molecular weight is 300 g/mol. The lowest BCUT2D eigenvalue weighted by molar-refractivity contribution is -0.132. The Balaban J connectivity index is 0.00000361. The molecule has 0 spiro atoms. The molecule has 0 fully saturated rings. The molecule has 1 aromatic carbocycles. The van der Waals surface area contributed by atoms with Gasteiger partial charge in [0, 0.05) is 19.6 Å². The molecule has 20 heavy (non-hydrogen) atoms. The highest BCUT2D eigenvalue weighted by molar-refractivity contribution is 5.85. The molecule has 0 heterocycles. The first-order chi connectivity index (χ1) is 8.93. The van der Waals surface area contributed by atoms with E-state index < -0.39 is 6.04 Å². The number of rotatable bonds is 6. The molecule has 0 saturated heterocycles. The number of hydrogen-bond acceptors (Lipinski definition) is 3. The third-order valence-electron chi connectivity index (χ3n) is 2.98. The first kappa shape index (κ1) is 18.9. The summed E-state index contributed by atoms with van der Waals surface area (Å²) >= 11 is 0. The molecule has 4 nitrogen and oxygen atoms in total. The third kappa shape index (κ3) is 5.90. The summed E-state index contributed by atoms with van der Waals surface area (Å²) in [4.78, 5) is 15.8. The Morgan fingerprint density at radius 1 is 1.15 bits per heavy atom. The van der Waals surface area contributed by atoms with E-state index in [1.807, 2.05) is 21.0 Å². The molecule has 0 aliphatic rings. The molecule has 1 amide bonds. The molecule has 0 unspecified atom stereocenters. The highest BCUT2D eigenvalue weighted by Crippen LogP contribution is 2.09. The average Bonchev–Trinajstić information content (AvgIpc) is 2.36. The smallest absolute Gasteiger partial charge is 0.239 e. The molecule has 1 rings (SSSR count). The molecule has 114 valence electrons. The minimum Gasteiger partial charge on any atom is -0.337 e. The molecule has 0 aromatic heterocycles. The first-order valence-corrected chi connectivity index (χ1v) is 6.71. The molecule has 2 N–H and O–H groups in total. The predicted octanol–water partition coefficient (Wildman–Crippen LogP) is 1.87. The van der Waals surface area contributed by atoms with Crippen molar-refractivity contribution >= 4 is 18.3 Å². The van der Waals surface area contributed by atoms with Crippen LogP contribution in [0.1, 0.15) is 25.0 Å². The number of halogens is 1. The summed E-state index contributed by atoms with van der Waals surface area (Å²) in [6, 6.07) is 7.94. The Morgan fingerprint density at radius 3 is 1.95 bits per heavy atom. The Bertz CT molecular complexity index is 404. The maximum absolute atomic E-state index is 11.9. The van der Waals surface area contributed by atoms with Gasteiger partial charge in [0.2, 0.25) is 5.91 Å². The SMILES string of the molecule is CCN(Cc1ccc(CN(C)C)cc1)C(=O)[C@@H](C)N.Cl. The Morgan fingerprint density at radius 2 is 1.60 bits per heavy atom. The lowest BCUT2D eigenvalue weighted by Gasteiger charge is -2.23. The Labute approximate surface area is 128 Å². The summed E-state index contributed by atoms with van der Waals surface area (Å²) in [5.74, 6) is -0.000122. The molecule has 0 saturated carbocycles. The van der Waals surface area contributed by atoms with Gasteiger partial charge < -0.3 is 15.5 Å². The predicted molar refractivity (Wildman–Crippen MR) is 85.8 cm³/mol. The molecular weight excluding hydrogens is 274 g/mol.